The van der Waals surface area contributed by atoms with Crippen molar-refractivity contribution in [2.75, 3.05) is 37.6 Å². The van der Waals surface area contributed by atoms with E-state index in [0.29, 0.717) is 37.7 Å². The highest BCUT2D eigenvalue weighted by Crippen LogP contribution is 2.42. The Morgan fingerprint density at radius 1 is 1.15 bits per heavy atom. The third-order valence-electron chi connectivity index (χ3n) is 6.48. The average Bonchev–Trinajstić information content (AvgIpc) is 3.34. The molecule has 2 aliphatic heterocycles. The summed E-state index contributed by atoms with van der Waals surface area (Å²) < 4.78 is 44.8. The molecular formula is C22H24F3N5O4. The summed E-state index contributed by atoms with van der Waals surface area (Å²) in [7, 11) is 0. The average molecular weight is 479 g/mol. The van der Waals surface area contributed by atoms with Crippen molar-refractivity contribution in [3.63, 3.8) is 0 Å². The molecule has 3 heterocycles. The van der Waals surface area contributed by atoms with E-state index in [1.165, 1.54) is 12.1 Å². The van der Waals surface area contributed by atoms with Crippen molar-refractivity contribution in [3.8, 4) is 0 Å². The van der Waals surface area contributed by atoms with Gasteiger partial charge in [-0.3, -0.25) is 19.3 Å². The van der Waals surface area contributed by atoms with Gasteiger partial charge in [-0.1, -0.05) is 23.4 Å². The topological polar surface area (TPSA) is 99.9 Å². The highest BCUT2D eigenvalue weighted by Gasteiger charge is 2.54. The first-order valence-electron chi connectivity index (χ1n) is 10.9. The number of nitrogens with zero attached hydrogens (tertiary/aromatic N) is 5. The molecule has 9 nitrogen and oxygen atoms in total. The number of halogens is 3. The maximum Gasteiger partial charge on any atom is 0.416 e. The molecule has 1 unspecified atom stereocenters. The van der Waals surface area contributed by atoms with Crippen LogP contribution in [0, 0.1) is 6.92 Å². The number of aromatic nitrogens is 2. The lowest BCUT2D eigenvalue weighted by molar-refractivity contribution is -0.143. The molecule has 1 aromatic carbocycles. The largest absolute Gasteiger partial charge is 0.416 e. The second-order valence-electron chi connectivity index (χ2n) is 8.50. The van der Waals surface area contributed by atoms with E-state index in [1.54, 1.807) is 18.7 Å². The molecule has 1 atom stereocenters. The van der Waals surface area contributed by atoms with E-state index in [4.69, 9.17) is 4.63 Å². The Morgan fingerprint density at radius 2 is 1.85 bits per heavy atom. The Labute approximate surface area is 193 Å². The molecule has 0 spiro atoms. The van der Waals surface area contributed by atoms with Crippen molar-refractivity contribution in [2.24, 2.45) is 0 Å². The number of amides is 3. The second kappa shape index (κ2) is 8.73. The Bertz CT molecular complexity index is 1110. The number of imide groups is 1. The molecule has 2 aliphatic rings. The molecular weight excluding hydrogens is 455 g/mol. The highest BCUT2D eigenvalue weighted by molar-refractivity contribution is 6.10. The summed E-state index contributed by atoms with van der Waals surface area (Å²) in [6, 6.07) is 4.35. The van der Waals surface area contributed by atoms with Crippen LogP contribution in [0.5, 0.6) is 0 Å². The third-order valence-corrected chi connectivity index (χ3v) is 6.48. The minimum Gasteiger partial charge on any atom is -0.349 e. The fourth-order valence-corrected chi connectivity index (χ4v) is 4.63. The van der Waals surface area contributed by atoms with Gasteiger partial charge in [0.1, 0.15) is 5.69 Å². The van der Waals surface area contributed by atoms with Crippen LogP contribution in [0.15, 0.2) is 28.9 Å². The summed E-state index contributed by atoms with van der Waals surface area (Å²) in [5.41, 5.74) is -1.96. The summed E-state index contributed by atoms with van der Waals surface area (Å²) in [6.45, 7) is 4.99. The number of hydrogen-bond donors (Lipinski definition) is 0. The molecule has 0 saturated carbocycles. The maximum absolute atomic E-state index is 13.4. The number of likely N-dealkylation sites (tertiary alicyclic amines) is 1. The predicted molar refractivity (Wildman–Crippen MR) is 113 cm³/mol. The van der Waals surface area contributed by atoms with E-state index in [9.17, 15) is 27.6 Å². The minimum absolute atomic E-state index is 0.0212. The van der Waals surface area contributed by atoms with E-state index in [1.807, 2.05) is 4.90 Å². The summed E-state index contributed by atoms with van der Waals surface area (Å²) in [5.74, 6) is -0.957. The normalized spacial score (nSPS) is 21.5. The number of carbonyl (C=O) groups excluding carboxylic acids is 3. The number of alkyl halides is 3. The van der Waals surface area contributed by atoms with Gasteiger partial charge in [-0.05, 0) is 30.6 Å². The SMILES string of the molecule is CCN1C(=O)CC(CC(=O)N2CCN(c3nonc3C)CC2)(c2cccc(C(F)(F)F)c2)C1=O. The number of benzene rings is 1. The number of likely N-dealkylation sites (N-methyl/N-ethyl adjacent to an activating group) is 1. The van der Waals surface area contributed by atoms with Gasteiger partial charge >= 0.3 is 6.18 Å². The first kappa shape index (κ1) is 23.7. The zero-order chi connectivity index (χ0) is 24.7. The first-order valence-corrected chi connectivity index (χ1v) is 10.9. The molecule has 12 heteroatoms. The fourth-order valence-electron chi connectivity index (χ4n) is 4.63. The summed E-state index contributed by atoms with van der Waals surface area (Å²) >= 11 is 0. The lowest BCUT2D eigenvalue weighted by atomic mass is 9.75. The summed E-state index contributed by atoms with van der Waals surface area (Å²) in [6.07, 6.45) is -5.36. The van der Waals surface area contributed by atoms with Crippen molar-refractivity contribution in [1.82, 2.24) is 20.1 Å². The van der Waals surface area contributed by atoms with Crippen molar-refractivity contribution < 1.29 is 32.2 Å². The third kappa shape index (κ3) is 4.12. The molecule has 2 fully saturated rings. The standard InChI is InChI=1S/C22H24F3N5O4/c1-3-30-18(32)13-21(20(30)33,15-5-4-6-16(11-15)22(23,24)25)12-17(31)28-7-9-29(10-8-28)19-14(2)26-34-27-19/h4-6,11H,3,7-10,12-13H2,1-2H3. The van der Waals surface area contributed by atoms with Crippen molar-refractivity contribution >= 4 is 23.5 Å². The van der Waals surface area contributed by atoms with E-state index in [-0.39, 0.29) is 24.9 Å². The number of rotatable bonds is 5. The summed E-state index contributed by atoms with van der Waals surface area (Å²) in [4.78, 5) is 43.7. The number of hydrogen-bond acceptors (Lipinski definition) is 7. The van der Waals surface area contributed by atoms with Gasteiger partial charge in [0.05, 0.1) is 11.0 Å². The Kier molecular flexibility index (Phi) is 6.09. The quantitative estimate of drug-likeness (QED) is 0.606. The van der Waals surface area contributed by atoms with Gasteiger partial charge < -0.3 is 9.80 Å². The smallest absolute Gasteiger partial charge is 0.349 e. The van der Waals surface area contributed by atoms with Crippen LogP contribution in [0.25, 0.3) is 0 Å². The van der Waals surface area contributed by atoms with Crippen LogP contribution in [-0.4, -0.2) is 70.6 Å². The van der Waals surface area contributed by atoms with Gasteiger partial charge in [-0.25, -0.2) is 4.63 Å². The Balaban J connectivity index is 1.59. The van der Waals surface area contributed by atoms with Gasteiger partial charge in [0.15, 0.2) is 5.82 Å². The van der Waals surface area contributed by atoms with Crippen LogP contribution in [0.1, 0.15) is 36.6 Å². The van der Waals surface area contributed by atoms with Gasteiger partial charge in [0.25, 0.3) is 0 Å². The van der Waals surface area contributed by atoms with E-state index in [0.717, 1.165) is 17.0 Å². The number of carbonyl (C=O) groups is 3. The molecule has 4 rings (SSSR count). The van der Waals surface area contributed by atoms with Crippen LogP contribution in [0.3, 0.4) is 0 Å². The number of anilines is 1. The lowest BCUT2D eigenvalue weighted by Gasteiger charge is -2.36. The van der Waals surface area contributed by atoms with E-state index >= 15 is 0 Å². The molecule has 0 radical (unpaired) electrons. The predicted octanol–water partition coefficient (Wildman–Crippen LogP) is 2.15. The molecule has 34 heavy (non-hydrogen) atoms. The molecule has 2 aromatic rings. The fraction of sp³-hybridized carbons (Fsp3) is 0.500. The van der Waals surface area contributed by atoms with Crippen LogP contribution in [0.2, 0.25) is 0 Å². The van der Waals surface area contributed by atoms with Crippen molar-refractivity contribution in [2.45, 2.75) is 38.3 Å². The van der Waals surface area contributed by atoms with E-state index in [2.05, 4.69) is 10.3 Å². The van der Waals surface area contributed by atoms with Crippen LogP contribution in [-0.2, 0) is 26.0 Å². The van der Waals surface area contributed by atoms with Gasteiger partial charge in [0.2, 0.25) is 17.7 Å². The van der Waals surface area contributed by atoms with Crippen LogP contribution in [0.4, 0.5) is 19.0 Å². The van der Waals surface area contributed by atoms with Gasteiger partial charge in [-0.2, -0.15) is 13.2 Å². The monoisotopic (exact) mass is 479 g/mol. The van der Waals surface area contributed by atoms with E-state index < -0.39 is 34.9 Å². The van der Waals surface area contributed by atoms with Gasteiger partial charge in [-0.15, -0.1) is 0 Å². The van der Waals surface area contributed by atoms with Crippen LogP contribution < -0.4 is 4.90 Å². The molecule has 0 bridgehead atoms. The second-order valence-corrected chi connectivity index (χ2v) is 8.50. The molecule has 2 saturated heterocycles. The first-order chi connectivity index (χ1) is 16.1. The number of aryl methyl sites for hydroxylation is 1. The highest BCUT2D eigenvalue weighted by atomic mass is 19.4. The maximum atomic E-state index is 13.4. The Morgan fingerprint density at radius 3 is 2.41 bits per heavy atom. The Hall–Kier alpha value is -3.44. The molecule has 0 aliphatic carbocycles. The molecule has 3 amide bonds. The minimum atomic E-state index is -4.62. The van der Waals surface area contributed by atoms with Crippen molar-refractivity contribution in [3.05, 3.63) is 41.1 Å². The van der Waals surface area contributed by atoms with Crippen molar-refractivity contribution in [1.29, 1.82) is 0 Å². The number of piperazine rings is 1. The molecule has 0 N–H and O–H groups in total. The van der Waals surface area contributed by atoms with Crippen LogP contribution >= 0.6 is 0 Å². The zero-order valence-corrected chi connectivity index (χ0v) is 18.8. The molecule has 182 valence electrons. The summed E-state index contributed by atoms with van der Waals surface area (Å²) in [5, 5.41) is 7.61. The van der Waals surface area contributed by atoms with Gasteiger partial charge in [0, 0.05) is 45.6 Å². The lowest BCUT2D eigenvalue weighted by Crippen LogP contribution is -2.51. The zero-order valence-electron chi connectivity index (χ0n) is 18.8. The molecule has 1 aromatic heterocycles.